The first-order chi connectivity index (χ1) is 14.6. The lowest BCUT2D eigenvalue weighted by atomic mass is 10.2. The Bertz CT molecular complexity index is 1120. The first-order valence-corrected chi connectivity index (χ1v) is 9.37. The van der Waals surface area contributed by atoms with Gasteiger partial charge in [-0.25, -0.2) is 4.39 Å². The number of amides is 1. The lowest BCUT2D eigenvalue weighted by molar-refractivity contribution is -0.118. The minimum atomic E-state index is -0.519. The van der Waals surface area contributed by atoms with Crippen molar-refractivity contribution >= 4 is 35.1 Å². The van der Waals surface area contributed by atoms with Crippen LogP contribution in [0.4, 0.5) is 15.8 Å². The van der Waals surface area contributed by atoms with Crippen LogP contribution in [0.15, 0.2) is 65.7 Å². The molecule has 0 bridgehead atoms. The van der Waals surface area contributed by atoms with Crippen molar-refractivity contribution < 1.29 is 23.4 Å². The molecule has 0 aliphatic carbocycles. The highest BCUT2D eigenvalue weighted by Crippen LogP contribution is 2.35. The monoisotopic (exact) mass is 426 g/mol. The summed E-state index contributed by atoms with van der Waals surface area (Å²) in [7, 11) is 0. The number of nitrogens with zero attached hydrogens (tertiary/aromatic N) is 1. The number of carbonyl (C=O) groups is 1. The zero-order valence-electron chi connectivity index (χ0n) is 15.6. The molecule has 0 saturated carbocycles. The van der Waals surface area contributed by atoms with Crippen LogP contribution in [0.25, 0.3) is 0 Å². The lowest BCUT2D eigenvalue weighted by Gasteiger charge is -2.09. The predicted molar refractivity (Wildman–Crippen MR) is 112 cm³/mol. The summed E-state index contributed by atoms with van der Waals surface area (Å²) in [4.78, 5) is 16.4. The molecule has 0 radical (unpaired) electrons. The number of aliphatic imine (C=N–C) groups is 1. The SMILES string of the molecule is O=C(COc1ccc(C=Nc2ccc3c(c2)OCO3)cc1Cl)Nc1ccccc1F. The van der Waals surface area contributed by atoms with E-state index in [1.54, 1.807) is 48.7 Å². The van der Waals surface area contributed by atoms with Crippen molar-refractivity contribution in [3.8, 4) is 17.2 Å². The van der Waals surface area contributed by atoms with Crippen molar-refractivity contribution in [3.63, 3.8) is 0 Å². The number of hydrogen-bond donors (Lipinski definition) is 1. The second-order valence-electron chi connectivity index (χ2n) is 6.30. The molecule has 1 amide bonds. The number of halogens is 2. The van der Waals surface area contributed by atoms with Crippen LogP contribution in [0.1, 0.15) is 5.56 Å². The van der Waals surface area contributed by atoms with Crippen LogP contribution in [0, 0.1) is 5.82 Å². The summed E-state index contributed by atoms with van der Waals surface area (Å²) in [6.45, 7) is -0.101. The summed E-state index contributed by atoms with van der Waals surface area (Å²) >= 11 is 6.24. The van der Waals surface area contributed by atoms with E-state index in [-0.39, 0.29) is 19.1 Å². The van der Waals surface area contributed by atoms with Gasteiger partial charge in [0.2, 0.25) is 6.79 Å². The second kappa shape index (κ2) is 8.84. The van der Waals surface area contributed by atoms with E-state index < -0.39 is 11.7 Å². The van der Waals surface area contributed by atoms with Crippen molar-refractivity contribution in [2.45, 2.75) is 0 Å². The maximum absolute atomic E-state index is 13.6. The zero-order valence-corrected chi connectivity index (χ0v) is 16.4. The second-order valence-corrected chi connectivity index (χ2v) is 6.71. The Kier molecular flexibility index (Phi) is 5.81. The third-order valence-electron chi connectivity index (χ3n) is 4.18. The largest absolute Gasteiger partial charge is 0.482 e. The Morgan fingerprint density at radius 2 is 1.97 bits per heavy atom. The topological polar surface area (TPSA) is 69.2 Å². The van der Waals surface area contributed by atoms with E-state index in [1.807, 2.05) is 6.07 Å². The van der Waals surface area contributed by atoms with Gasteiger partial charge in [-0.3, -0.25) is 9.79 Å². The minimum Gasteiger partial charge on any atom is -0.482 e. The zero-order chi connectivity index (χ0) is 20.9. The van der Waals surface area contributed by atoms with Gasteiger partial charge in [0, 0.05) is 12.3 Å². The minimum absolute atomic E-state index is 0.0901. The molecular formula is C22H16ClFN2O4. The highest BCUT2D eigenvalue weighted by molar-refractivity contribution is 6.32. The fraction of sp³-hybridized carbons (Fsp3) is 0.0909. The molecule has 0 aromatic heterocycles. The molecule has 1 N–H and O–H groups in total. The number of rotatable bonds is 6. The maximum Gasteiger partial charge on any atom is 0.262 e. The summed E-state index contributed by atoms with van der Waals surface area (Å²) in [5.74, 6) is 0.665. The fourth-order valence-electron chi connectivity index (χ4n) is 2.72. The molecule has 1 heterocycles. The average Bonchev–Trinajstić information content (AvgIpc) is 3.21. The third kappa shape index (κ3) is 4.69. The molecule has 0 unspecified atom stereocenters. The van der Waals surface area contributed by atoms with Crippen molar-refractivity contribution in [2.24, 2.45) is 4.99 Å². The summed E-state index contributed by atoms with van der Waals surface area (Å²) in [6, 6.07) is 16.4. The van der Waals surface area contributed by atoms with E-state index in [0.29, 0.717) is 28.0 Å². The Hall–Kier alpha value is -3.58. The number of fused-ring (bicyclic) bond motifs is 1. The number of anilines is 1. The van der Waals surface area contributed by atoms with Gasteiger partial charge in [-0.2, -0.15) is 0 Å². The predicted octanol–water partition coefficient (Wildman–Crippen LogP) is 4.98. The molecule has 6 nitrogen and oxygen atoms in total. The number of benzene rings is 3. The molecule has 4 rings (SSSR count). The molecule has 0 saturated heterocycles. The van der Waals surface area contributed by atoms with Crippen molar-refractivity contribution in [3.05, 3.63) is 77.1 Å². The van der Waals surface area contributed by atoms with Gasteiger partial charge in [0.1, 0.15) is 11.6 Å². The Morgan fingerprint density at radius 3 is 2.80 bits per heavy atom. The molecule has 3 aromatic carbocycles. The highest BCUT2D eigenvalue weighted by atomic mass is 35.5. The van der Waals surface area contributed by atoms with Crippen LogP contribution in [0.2, 0.25) is 5.02 Å². The van der Waals surface area contributed by atoms with Crippen molar-refractivity contribution in [2.75, 3.05) is 18.7 Å². The molecule has 152 valence electrons. The van der Waals surface area contributed by atoms with Crippen LogP contribution in [-0.2, 0) is 4.79 Å². The van der Waals surface area contributed by atoms with Gasteiger partial charge in [-0.05, 0) is 48.0 Å². The van der Waals surface area contributed by atoms with Gasteiger partial charge in [0.15, 0.2) is 18.1 Å². The van der Waals surface area contributed by atoms with Gasteiger partial charge < -0.3 is 19.5 Å². The van der Waals surface area contributed by atoms with Gasteiger partial charge in [-0.15, -0.1) is 0 Å². The molecule has 3 aromatic rings. The molecule has 0 atom stereocenters. The van der Waals surface area contributed by atoms with Gasteiger partial charge in [0.05, 0.1) is 16.4 Å². The molecule has 8 heteroatoms. The summed E-state index contributed by atoms with van der Waals surface area (Å²) < 4.78 is 29.6. The van der Waals surface area contributed by atoms with Gasteiger partial charge in [0.25, 0.3) is 5.91 Å². The molecule has 1 aliphatic rings. The van der Waals surface area contributed by atoms with E-state index in [2.05, 4.69) is 10.3 Å². The molecule has 0 fully saturated rings. The Labute approximate surface area is 176 Å². The van der Waals surface area contributed by atoms with E-state index in [4.69, 9.17) is 25.8 Å². The standard InChI is InChI=1S/C22H16ClFN2O4/c23-16-9-14(11-25-15-6-8-20-21(10-15)30-13-29-20)5-7-19(16)28-12-22(27)26-18-4-2-1-3-17(18)24/h1-11H,12-13H2,(H,26,27). The van der Waals surface area contributed by atoms with Crippen molar-refractivity contribution in [1.82, 2.24) is 0 Å². The van der Waals surface area contributed by atoms with Crippen LogP contribution in [-0.4, -0.2) is 25.5 Å². The number of ether oxygens (including phenoxy) is 3. The average molecular weight is 427 g/mol. The molecular weight excluding hydrogens is 411 g/mol. The fourth-order valence-corrected chi connectivity index (χ4v) is 2.96. The quantitative estimate of drug-likeness (QED) is 0.565. The highest BCUT2D eigenvalue weighted by Gasteiger charge is 2.13. The van der Waals surface area contributed by atoms with Crippen LogP contribution < -0.4 is 19.5 Å². The summed E-state index contributed by atoms with van der Waals surface area (Å²) in [6.07, 6.45) is 1.65. The number of carbonyl (C=O) groups excluding carboxylic acids is 1. The first-order valence-electron chi connectivity index (χ1n) is 8.99. The van der Waals surface area contributed by atoms with E-state index in [0.717, 1.165) is 5.56 Å². The van der Waals surface area contributed by atoms with Crippen LogP contribution >= 0.6 is 11.6 Å². The third-order valence-corrected chi connectivity index (χ3v) is 4.48. The van der Waals surface area contributed by atoms with Crippen molar-refractivity contribution in [1.29, 1.82) is 0 Å². The van der Waals surface area contributed by atoms with Crippen LogP contribution in [0.5, 0.6) is 17.2 Å². The Morgan fingerprint density at radius 1 is 1.13 bits per heavy atom. The van der Waals surface area contributed by atoms with Gasteiger partial charge >= 0.3 is 0 Å². The summed E-state index contributed by atoms with van der Waals surface area (Å²) in [5, 5.41) is 2.77. The van der Waals surface area contributed by atoms with Crippen LogP contribution in [0.3, 0.4) is 0 Å². The smallest absolute Gasteiger partial charge is 0.262 e. The molecule has 0 spiro atoms. The molecule has 1 aliphatic heterocycles. The number of hydrogen-bond acceptors (Lipinski definition) is 5. The first kappa shape index (κ1) is 19.7. The van der Waals surface area contributed by atoms with E-state index in [9.17, 15) is 9.18 Å². The number of nitrogens with one attached hydrogen (secondary N) is 1. The molecule has 30 heavy (non-hydrogen) atoms. The number of para-hydroxylation sites is 1. The Balaban J connectivity index is 1.36. The van der Waals surface area contributed by atoms with E-state index in [1.165, 1.54) is 12.1 Å². The lowest BCUT2D eigenvalue weighted by Crippen LogP contribution is -2.20. The summed E-state index contributed by atoms with van der Waals surface area (Å²) in [5.41, 5.74) is 1.55. The normalized spacial score (nSPS) is 12.2. The van der Waals surface area contributed by atoms with Gasteiger partial charge in [-0.1, -0.05) is 23.7 Å². The maximum atomic E-state index is 13.6. The van der Waals surface area contributed by atoms with E-state index >= 15 is 0 Å².